The number of nitrogens with one attached hydrogen (secondary N) is 2. The van der Waals surface area contributed by atoms with Gasteiger partial charge in [-0.25, -0.2) is 4.79 Å². The monoisotopic (exact) mass is 280 g/mol. The molecule has 5 heteroatoms. The summed E-state index contributed by atoms with van der Waals surface area (Å²) in [7, 11) is 0. The van der Waals surface area contributed by atoms with Crippen molar-refractivity contribution < 1.29 is 14.7 Å². The molecule has 0 unspecified atom stereocenters. The van der Waals surface area contributed by atoms with Crippen molar-refractivity contribution in [3.8, 4) is 11.8 Å². The maximum absolute atomic E-state index is 11.7. The lowest BCUT2D eigenvalue weighted by Crippen LogP contribution is -2.44. The summed E-state index contributed by atoms with van der Waals surface area (Å²) in [4.78, 5) is 22.7. The van der Waals surface area contributed by atoms with Crippen LogP contribution >= 0.6 is 0 Å². The van der Waals surface area contributed by atoms with Crippen LogP contribution in [0.1, 0.15) is 51.9 Å². The normalized spacial score (nSPS) is 16.6. The lowest BCUT2D eigenvalue weighted by atomic mass is 9.72. The third-order valence-electron chi connectivity index (χ3n) is 3.78. The van der Waals surface area contributed by atoms with E-state index in [1.807, 2.05) is 0 Å². The molecule has 0 radical (unpaired) electrons. The van der Waals surface area contributed by atoms with Gasteiger partial charge in [-0.2, -0.15) is 0 Å². The first-order valence-corrected chi connectivity index (χ1v) is 7.21. The average molecular weight is 280 g/mol. The molecule has 2 amide bonds. The third kappa shape index (κ3) is 5.96. The maximum atomic E-state index is 11.7. The van der Waals surface area contributed by atoms with Crippen molar-refractivity contribution in [2.75, 3.05) is 13.1 Å². The van der Waals surface area contributed by atoms with E-state index < -0.39 is 5.97 Å². The Labute approximate surface area is 120 Å². The van der Waals surface area contributed by atoms with E-state index in [4.69, 9.17) is 5.11 Å². The summed E-state index contributed by atoms with van der Waals surface area (Å²) >= 11 is 0. The number of carbonyl (C=O) groups is 2. The van der Waals surface area contributed by atoms with Gasteiger partial charge < -0.3 is 15.7 Å². The van der Waals surface area contributed by atoms with Gasteiger partial charge in [0.15, 0.2) is 0 Å². The molecule has 0 heterocycles. The Balaban J connectivity index is 2.39. The maximum Gasteiger partial charge on any atom is 0.314 e. The number of amides is 2. The molecule has 0 atom stereocenters. The van der Waals surface area contributed by atoms with Gasteiger partial charge in [-0.1, -0.05) is 19.3 Å². The Hall–Kier alpha value is -1.70. The molecule has 0 aromatic rings. The number of rotatable bonds is 6. The second-order valence-corrected chi connectivity index (χ2v) is 5.42. The largest absolute Gasteiger partial charge is 0.481 e. The third-order valence-corrected chi connectivity index (χ3v) is 3.78. The van der Waals surface area contributed by atoms with E-state index in [9.17, 15) is 9.59 Å². The van der Waals surface area contributed by atoms with Gasteiger partial charge in [0.05, 0.1) is 6.42 Å². The van der Waals surface area contributed by atoms with Gasteiger partial charge in [-0.05, 0) is 25.2 Å². The minimum Gasteiger partial charge on any atom is -0.481 e. The van der Waals surface area contributed by atoms with E-state index in [0.29, 0.717) is 19.5 Å². The zero-order valence-corrected chi connectivity index (χ0v) is 12.1. The molecule has 1 aliphatic carbocycles. The molecule has 1 saturated carbocycles. The van der Waals surface area contributed by atoms with Crippen LogP contribution in [0, 0.1) is 17.3 Å². The van der Waals surface area contributed by atoms with Crippen molar-refractivity contribution in [1.82, 2.24) is 10.6 Å². The van der Waals surface area contributed by atoms with E-state index in [1.165, 1.54) is 0 Å². The zero-order valence-electron chi connectivity index (χ0n) is 12.1. The molecule has 0 bridgehead atoms. The molecular weight excluding hydrogens is 256 g/mol. The number of hydrogen-bond acceptors (Lipinski definition) is 2. The number of aliphatic carboxylic acids is 1. The Bertz CT molecular complexity index is 390. The number of carboxylic acids is 1. The number of carboxylic acid groups (broad SMARTS) is 1. The summed E-state index contributed by atoms with van der Waals surface area (Å²) in [5.41, 5.74) is -0.273. The predicted molar refractivity (Wildman–Crippen MR) is 77.2 cm³/mol. The van der Waals surface area contributed by atoms with Crippen molar-refractivity contribution in [2.45, 2.75) is 51.9 Å². The Morgan fingerprint density at radius 2 is 1.90 bits per heavy atom. The van der Waals surface area contributed by atoms with Gasteiger partial charge in [0, 0.05) is 19.5 Å². The van der Waals surface area contributed by atoms with Crippen LogP contribution in [-0.4, -0.2) is 30.2 Å². The van der Waals surface area contributed by atoms with Crippen LogP contribution in [0.15, 0.2) is 0 Å². The number of urea groups is 1. The lowest BCUT2D eigenvalue weighted by molar-refractivity contribution is -0.140. The first-order chi connectivity index (χ1) is 9.58. The van der Waals surface area contributed by atoms with Crippen LogP contribution in [0.5, 0.6) is 0 Å². The van der Waals surface area contributed by atoms with Gasteiger partial charge in [-0.15, -0.1) is 11.8 Å². The summed E-state index contributed by atoms with van der Waals surface area (Å²) < 4.78 is 0. The SMILES string of the molecule is CC#CCCNC(=O)NCC1(CC(=O)O)CCCCC1. The van der Waals surface area contributed by atoms with E-state index >= 15 is 0 Å². The molecule has 1 aliphatic rings. The van der Waals surface area contributed by atoms with E-state index in [-0.39, 0.29) is 17.9 Å². The zero-order chi connectivity index (χ0) is 14.8. The topological polar surface area (TPSA) is 78.4 Å². The van der Waals surface area contributed by atoms with Crippen LogP contribution in [0.25, 0.3) is 0 Å². The summed E-state index contributed by atoms with van der Waals surface area (Å²) in [5.74, 6) is 4.85. The van der Waals surface area contributed by atoms with Crippen molar-refractivity contribution in [2.24, 2.45) is 5.41 Å². The van der Waals surface area contributed by atoms with E-state index in [0.717, 1.165) is 32.1 Å². The second kappa shape index (κ2) is 8.47. The fraction of sp³-hybridized carbons (Fsp3) is 0.733. The van der Waals surface area contributed by atoms with Crippen molar-refractivity contribution in [1.29, 1.82) is 0 Å². The molecule has 0 aromatic carbocycles. The molecule has 0 spiro atoms. The highest BCUT2D eigenvalue weighted by molar-refractivity contribution is 5.74. The fourth-order valence-electron chi connectivity index (χ4n) is 2.73. The van der Waals surface area contributed by atoms with Crippen molar-refractivity contribution in [3.05, 3.63) is 0 Å². The number of hydrogen-bond donors (Lipinski definition) is 3. The molecule has 20 heavy (non-hydrogen) atoms. The molecule has 1 fully saturated rings. The summed E-state index contributed by atoms with van der Waals surface area (Å²) in [6.07, 6.45) is 5.76. The van der Waals surface area contributed by atoms with E-state index in [2.05, 4.69) is 22.5 Å². The van der Waals surface area contributed by atoms with Gasteiger partial charge in [0.25, 0.3) is 0 Å². The van der Waals surface area contributed by atoms with E-state index in [1.54, 1.807) is 6.92 Å². The predicted octanol–water partition coefficient (Wildman–Crippen LogP) is 2.12. The van der Waals surface area contributed by atoms with Crippen LogP contribution in [0.2, 0.25) is 0 Å². The van der Waals surface area contributed by atoms with Crippen molar-refractivity contribution in [3.63, 3.8) is 0 Å². The molecule has 1 rings (SSSR count). The smallest absolute Gasteiger partial charge is 0.314 e. The minimum atomic E-state index is -0.785. The highest BCUT2D eigenvalue weighted by Crippen LogP contribution is 2.38. The molecule has 0 aromatic heterocycles. The minimum absolute atomic E-state index is 0.134. The standard InChI is InChI=1S/C15H24N2O3/c1-2-3-7-10-16-14(20)17-12-15(11-13(18)19)8-5-4-6-9-15/h4-12H2,1H3,(H,18,19)(H2,16,17,20). The summed E-state index contributed by atoms with van der Waals surface area (Å²) in [6, 6.07) is -0.238. The fourth-order valence-corrected chi connectivity index (χ4v) is 2.73. The highest BCUT2D eigenvalue weighted by Gasteiger charge is 2.34. The first-order valence-electron chi connectivity index (χ1n) is 7.21. The quantitative estimate of drug-likeness (QED) is 0.515. The molecule has 0 aliphatic heterocycles. The van der Waals surface area contributed by atoms with Gasteiger partial charge >= 0.3 is 12.0 Å². The average Bonchev–Trinajstić information content (AvgIpc) is 2.42. The molecule has 0 saturated heterocycles. The highest BCUT2D eigenvalue weighted by atomic mass is 16.4. The molecule has 3 N–H and O–H groups in total. The Kier molecular flexibility index (Phi) is 6.92. The second-order valence-electron chi connectivity index (χ2n) is 5.42. The van der Waals surface area contributed by atoms with Crippen molar-refractivity contribution >= 4 is 12.0 Å². The Morgan fingerprint density at radius 1 is 1.20 bits per heavy atom. The van der Waals surface area contributed by atoms with Gasteiger partial charge in [-0.3, -0.25) is 4.79 Å². The van der Waals surface area contributed by atoms with Gasteiger partial charge in [0.2, 0.25) is 0 Å². The molecule has 112 valence electrons. The number of carbonyl (C=O) groups excluding carboxylic acids is 1. The molecular formula is C15H24N2O3. The van der Waals surface area contributed by atoms with Crippen LogP contribution in [0.3, 0.4) is 0 Å². The molecule has 5 nitrogen and oxygen atoms in total. The van der Waals surface area contributed by atoms with Gasteiger partial charge in [0.1, 0.15) is 0 Å². The van der Waals surface area contributed by atoms with Crippen LogP contribution < -0.4 is 10.6 Å². The lowest BCUT2D eigenvalue weighted by Gasteiger charge is -2.36. The Morgan fingerprint density at radius 3 is 2.50 bits per heavy atom. The first kappa shape index (κ1) is 16.4. The summed E-state index contributed by atoms with van der Waals surface area (Å²) in [5, 5.41) is 14.6. The van der Waals surface area contributed by atoms with Crippen LogP contribution in [0.4, 0.5) is 4.79 Å². The van der Waals surface area contributed by atoms with Crippen LogP contribution in [-0.2, 0) is 4.79 Å². The summed E-state index contributed by atoms with van der Waals surface area (Å²) in [6.45, 7) is 2.71.